The van der Waals surface area contributed by atoms with Crippen molar-refractivity contribution in [3.8, 4) is 0 Å². The van der Waals surface area contributed by atoms with Crippen molar-refractivity contribution < 1.29 is 9.18 Å². The van der Waals surface area contributed by atoms with Gasteiger partial charge in [0.25, 0.3) is 5.91 Å². The minimum absolute atomic E-state index is 0.0938. The highest BCUT2D eigenvalue weighted by Gasteiger charge is 2.23. The average Bonchev–Trinajstić information content (AvgIpc) is 2.79. The Morgan fingerprint density at radius 2 is 1.62 bits per heavy atom. The van der Waals surface area contributed by atoms with E-state index in [1.165, 1.54) is 24.5 Å². The minimum Gasteiger partial charge on any atom is -0.350 e. The Labute approximate surface area is 167 Å². The average molecular weight is 393 g/mol. The molecule has 2 aromatic heterocycles. The number of piperazine rings is 1. The van der Waals surface area contributed by atoms with Crippen molar-refractivity contribution in [3.05, 3.63) is 72.1 Å². The molecule has 3 heterocycles. The lowest BCUT2D eigenvalue weighted by Gasteiger charge is -2.34. The highest BCUT2D eigenvalue weighted by Crippen LogP contribution is 2.13. The molecule has 0 radical (unpaired) electrons. The highest BCUT2D eigenvalue weighted by atomic mass is 19.1. The first-order valence-corrected chi connectivity index (χ1v) is 9.30. The Morgan fingerprint density at radius 3 is 2.28 bits per heavy atom. The monoisotopic (exact) mass is 393 g/mol. The first-order valence-electron chi connectivity index (χ1n) is 9.30. The lowest BCUT2D eigenvalue weighted by atomic mass is 10.2. The Hall–Kier alpha value is -3.62. The smallest absolute Gasteiger partial charge is 0.257 e. The van der Waals surface area contributed by atoms with Gasteiger partial charge in [0.2, 0.25) is 11.9 Å². The van der Waals surface area contributed by atoms with E-state index < -0.39 is 0 Å². The fourth-order valence-electron chi connectivity index (χ4n) is 3.06. The molecule has 1 aliphatic rings. The molecule has 1 fully saturated rings. The number of halogens is 1. The number of benzene rings is 1. The largest absolute Gasteiger partial charge is 0.350 e. The van der Waals surface area contributed by atoms with Crippen LogP contribution in [-0.2, 0) is 6.54 Å². The molecule has 0 aliphatic carbocycles. The molecule has 0 bridgehead atoms. The maximum absolute atomic E-state index is 12.9. The molecule has 3 aromatic rings. The standard InChI is InChI=1S/C20H20FN7O/c21-17-4-2-15(3-5-17)12-24-19-25-13-16(14-26-19)18(29)27-8-10-28(11-9-27)20-22-6-1-7-23-20/h1-7,13-14H,8-12H2,(H,24,25,26). The maximum Gasteiger partial charge on any atom is 0.257 e. The lowest BCUT2D eigenvalue weighted by molar-refractivity contribution is 0.0745. The number of carbonyl (C=O) groups is 1. The van der Waals surface area contributed by atoms with E-state index >= 15 is 0 Å². The van der Waals surface area contributed by atoms with Gasteiger partial charge in [-0.3, -0.25) is 4.79 Å². The summed E-state index contributed by atoms with van der Waals surface area (Å²) in [5, 5.41) is 3.06. The van der Waals surface area contributed by atoms with Crippen molar-refractivity contribution >= 4 is 17.8 Å². The number of amides is 1. The van der Waals surface area contributed by atoms with Crippen LogP contribution in [0.1, 0.15) is 15.9 Å². The Bertz CT molecular complexity index is 943. The van der Waals surface area contributed by atoms with Gasteiger partial charge in [0.1, 0.15) is 5.82 Å². The van der Waals surface area contributed by atoms with Gasteiger partial charge in [0.15, 0.2) is 0 Å². The van der Waals surface area contributed by atoms with Gasteiger partial charge in [-0.2, -0.15) is 0 Å². The number of hydrogen-bond donors (Lipinski definition) is 1. The van der Waals surface area contributed by atoms with Crippen molar-refractivity contribution in [1.29, 1.82) is 0 Å². The summed E-state index contributed by atoms with van der Waals surface area (Å²) in [7, 11) is 0. The molecule has 1 saturated heterocycles. The zero-order valence-electron chi connectivity index (χ0n) is 15.7. The number of nitrogens with zero attached hydrogens (tertiary/aromatic N) is 6. The summed E-state index contributed by atoms with van der Waals surface area (Å²) in [6, 6.07) is 7.98. The number of anilines is 2. The van der Waals surface area contributed by atoms with E-state index in [1.54, 1.807) is 35.5 Å². The Balaban J connectivity index is 1.31. The molecule has 29 heavy (non-hydrogen) atoms. The Morgan fingerprint density at radius 1 is 0.966 bits per heavy atom. The minimum atomic E-state index is -0.273. The molecule has 1 amide bonds. The van der Waals surface area contributed by atoms with Crippen molar-refractivity contribution in [3.63, 3.8) is 0 Å². The summed E-state index contributed by atoms with van der Waals surface area (Å²) in [6.07, 6.45) is 6.47. The first kappa shape index (κ1) is 18.7. The molecular formula is C20H20FN7O. The third-order valence-electron chi connectivity index (χ3n) is 4.66. The molecule has 0 saturated carbocycles. The second kappa shape index (κ2) is 8.59. The number of hydrogen-bond acceptors (Lipinski definition) is 7. The van der Waals surface area contributed by atoms with Gasteiger partial charge in [-0.05, 0) is 23.8 Å². The van der Waals surface area contributed by atoms with Crippen molar-refractivity contribution in [2.45, 2.75) is 6.54 Å². The summed E-state index contributed by atoms with van der Waals surface area (Å²) in [6.45, 7) is 2.99. The van der Waals surface area contributed by atoms with Gasteiger partial charge in [0.05, 0.1) is 5.56 Å². The molecule has 4 rings (SSSR count). The van der Waals surface area contributed by atoms with E-state index in [0.717, 1.165) is 5.56 Å². The van der Waals surface area contributed by atoms with Crippen LogP contribution in [0.3, 0.4) is 0 Å². The van der Waals surface area contributed by atoms with E-state index in [0.29, 0.717) is 50.2 Å². The van der Waals surface area contributed by atoms with Crippen molar-refractivity contribution in [1.82, 2.24) is 24.8 Å². The summed E-state index contributed by atoms with van der Waals surface area (Å²) < 4.78 is 12.9. The molecule has 1 N–H and O–H groups in total. The fraction of sp³-hybridized carbons (Fsp3) is 0.250. The summed E-state index contributed by atoms with van der Waals surface area (Å²) >= 11 is 0. The lowest BCUT2D eigenvalue weighted by Crippen LogP contribution is -2.49. The second-order valence-corrected chi connectivity index (χ2v) is 6.60. The quantitative estimate of drug-likeness (QED) is 0.709. The normalized spacial score (nSPS) is 14.0. The van der Waals surface area contributed by atoms with Crippen LogP contribution in [0.15, 0.2) is 55.1 Å². The fourth-order valence-corrected chi connectivity index (χ4v) is 3.06. The van der Waals surface area contributed by atoms with Crippen LogP contribution in [0.25, 0.3) is 0 Å². The van der Waals surface area contributed by atoms with Gasteiger partial charge < -0.3 is 15.1 Å². The SMILES string of the molecule is O=C(c1cnc(NCc2ccc(F)cc2)nc1)N1CCN(c2ncccn2)CC1. The predicted octanol–water partition coefficient (Wildman–Crippen LogP) is 1.98. The molecule has 148 valence electrons. The zero-order chi connectivity index (χ0) is 20.1. The number of aromatic nitrogens is 4. The van der Waals surface area contributed by atoms with Gasteiger partial charge in [-0.15, -0.1) is 0 Å². The van der Waals surface area contributed by atoms with Gasteiger partial charge >= 0.3 is 0 Å². The molecule has 0 unspecified atom stereocenters. The third-order valence-corrected chi connectivity index (χ3v) is 4.66. The summed E-state index contributed by atoms with van der Waals surface area (Å²) in [4.78, 5) is 33.5. The maximum atomic E-state index is 12.9. The van der Waals surface area contributed by atoms with Crippen molar-refractivity contribution in [2.24, 2.45) is 0 Å². The number of carbonyl (C=O) groups excluding carboxylic acids is 1. The number of nitrogens with one attached hydrogen (secondary N) is 1. The summed E-state index contributed by atoms with van der Waals surface area (Å²) in [5.41, 5.74) is 1.36. The van der Waals surface area contributed by atoms with Crippen LogP contribution in [0.5, 0.6) is 0 Å². The van der Waals surface area contributed by atoms with E-state index in [4.69, 9.17) is 0 Å². The molecule has 8 nitrogen and oxygen atoms in total. The molecule has 0 atom stereocenters. The van der Waals surface area contributed by atoms with E-state index in [-0.39, 0.29) is 11.7 Å². The van der Waals surface area contributed by atoms with Gasteiger partial charge in [-0.1, -0.05) is 12.1 Å². The van der Waals surface area contributed by atoms with Crippen molar-refractivity contribution in [2.75, 3.05) is 36.4 Å². The molecule has 0 spiro atoms. The summed E-state index contributed by atoms with van der Waals surface area (Å²) in [5.74, 6) is 0.727. The van der Waals surface area contributed by atoms with Gasteiger partial charge in [-0.25, -0.2) is 24.3 Å². The third kappa shape index (κ3) is 4.63. The van der Waals surface area contributed by atoms with Gasteiger partial charge in [0, 0.05) is 57.5 Å². The molecule has 1 aliphatic heterocycles. The van der Waals surface area contributed by atoms with Crippen LogP contribution in [0, 0.1) is 5.82 Å². The molecule has 9 heteroatoms. The number of rotatable bonds is 5. The van der Waals surface area contributed by atoms with Crippen LogP contribution >= 0.6 is 0 Å². The topological polar surface area (TPSA) is 87.1 Å². The predicted molar refractivity (Wildman–Crippen MR) is 106 cm³/mol. The van der Waals surface area contributed by atoms with E-state index in [1.807, 2.05) is 0 Å². The second-order valence-electron chi connectivity index (χ2n) is 6.60. The van der Waals surface area contributed by atoms with Crippen LogP contribution < -0.4 is 10.2 Å². The Kier molecular flexibility index (Phi) is 5.55. The zero-order valence-corrected chi connectivity index (χ0v) is 15.7. The van der Waals surface area contributed by atoms with Crippen LogP contribution in [0.2, 0.25) is 0 Å². The highest BCUT2D eigenvalue weighted by molar-refractivity contribution is 5.93. The van der Waals surface area contributed by atoms with E-state index in [2.05, 4.69) is 30.2 Å². The first-order chi connectivity index (χ1) is 14.2. The molecular weight excluding hydrogens is 373 g/mol. The van der Waals surface area contributed by atoms with Crippen LogP contribution in [-0.4, -0.2) is 56.9 Å². The van der Waals surface area contributed by atoms with Crippen LogP contribution in [0.4, 0.5) is 16.3 Å². The van der Waals surface area contributed by atoms with E-state index in [9.17, 15) is 9.18 Å². The molecule has 1 aromatic carbocycles.